The molecule has 2 aromatic heterocycles. The molecule has 0 saturated carbocycles. The van der Waals surface area contributed by atoms with Crippen molar-refractivity contribution < 1.29 is 5.11 Å². The first-order valence-corrected chi connectivity index (χ1v) is 7.79. The lowest BCUT2D eigenvalue weighted by molar-refractivity contribution is 0.0350. The number of aliphatic hydroxyl groups is 1. The van der Waals surface area contributed by atoms with Gasteiger partial charge in [0.2, 0.25) is 0 Å². The molecular weight excluding hydrogens is 306 g/mol. The maximum Gasteiger partial charge on any atom is 0.137 e. The molecule has 1 fully saturated rings. The molecule has 24 heavy (non-hydrogen) atoms. The average Bonchev–Trinajstić information content (AvgIpc) is 2.55. The summed E-state index contributed by atoms with van der Waals surface area (Å²) in [4.78, 5) is 14.9. The summed E-state index contributed by atoms with van der Waals surface area (Å²) >= 11 is 0. The van der Waals surface area contributed by atoms with E-state index in [1.807, 2.05) is 13.0 Å². The van der Waals surface area contributed by atoms with Crippen LogP contribution in [0.4, 0.5) is 23.1 Å². The number of rotatable bonds is 4. The van der Waals surface area contributed by atoms with Crippen molar-refractivity contribution in [2.24, 2.45) is 0 Å². The van der Waals surface area contributed by atoms with Gasteiger partial charge in [-0.25, -0.2) is 15.0 Å². The van der Waals surface area contributed by atoms with E-state index in [0.29, 0.717) is 35.7 Å². The van der Waals surface area contributed by atoms with Crippen LogP contribution in [0.2, 0.25) is 0 Å². The van der Waals surface area contributed by atoms with Crippen molar-refractivity contribution in [1.29, 1.82) is 5.41 Å². The minimum atomic E-state index is -0.595. The third-order valence-corrected chi connectivity index (χ3v) is 4.20. The van der Waals surface area contributed by atoms with Crippen LogP contribution in [-0.4, -0.2) is 45.0 Å². The number of aromatic nitrogens is 3. The van der Waals surface area contributed by atoms with Gasteiger partial charge in [0, 0.05) is 48.9 Å². The highest BCUT2D eigenvalue weighted by atomic mass is 16.3. The Morgan fingerprint density at radius 2 is 1.96 bits per heavy atom. The summed E-state index contributed by atoms with van der Waals surface area (Å²) in [7, 11) is 0. The Morgan fingerprint density at radius 1 is 1.25 bits per heavy atom. The molecule has 1 saturated heterocycles. The molecule has 0 radical (unpaired) electrons. The number of hydrogen-bond donors (Lipinski definition) is 4. The molecule has 8 heteroatoms. The van der Waals surface area contributed by atoms with Gasteiger partial charge in [-0.15, -0.1) is 0 Å². The summed E-state index contributed by atoms with van der Waals surface area (Å²) in [6.07, 6.45) is 5.63. The van der Waals surface area contributed by atoms with E-state index in [4.69, 9.17) is 11.1 Å². The molecular formula is C16H21N7O. The van der Waals surface area contributed by atoms with E-state index < -0.39 is 5.60 Å². The zero-order valence-corrected chi connectivity index (χ0v) is 13.5. The number of piperidine rings is 1. The molecule has 0 amide bonds. The van der Waals surface area contributed by atoms with Gasteiger partial charge in [-0.2, -0.15) is 0 Å². The first-order chi connectivity index (χ1) is 11.5. The summed E-state index contributed by atoms with van der Waals surface area (Å²) in [6.45, 7) is 3.37. The number of pyridine rings is 1. The number of hydrogen-bond acceptors (Lipinski definition) is 8. The fourth-order valence-corrected chi connectivity index (χ4v) is 2.61. The number of nitrogens with two attached hydrogens (primary N) is 1. The van der Waals surface area contributed by atoms with Crippen LogP contribution in [0.3, 0.4) is 0 Å². The van der Waals surface area contributed by atoms with Gasteiger partial charge in [-0.05, 0) is 19.8 Å². The minimum Gasteiger partial charge on any atom is -0.398 e. The Morgan fingerprint density at radius 3 is 2.62 bits per heavy atom. The zero-order chi connectivity index (χ0) is 17.2. The first-order valence-electron chi connectivity index (χ1n) is 7.79. The van der Waals surface area contributed by atoms with Crippen LogP contribution in [0, 0.1) is 5.41 Å². The predicted molar refractivity (Wildman–Crippen MR) is 93.9 cm³/mol. The van der Waals surface area contributed by atoms with E-state index in [0.717, 1.165) is 18.9 Å². The molecule has 2 aromatic rings. The molecule has 5 N–H and O–H groups in total. The van der Waals surface area contributed by atoms with Crippen molar-refractivity contribution in [1.82, 2.24) is 15.0 Å². The normalized spacial score (nSPS) is 16.7. The average molecular weight is 327 g/mol. The Kier molecular flexibility index (Phi) is 4.30. The molecule has 1 aliphatic heterocycles. The van der Waals surface area contributed by atoms with Gasteiger partial charge in [0.15, 0.2) is 0 Å². The van der Waals surface area contributed by atoms with Crippen LogP contribution in [0.1, 0.15) is 25.3 Å². The Bertz CT molecular complexity index is 737. The highest BCUT2D eigenvalue weighted by Gasteiger charge is 2.27. The minimum absolute atomic E-state index is 0.482. The van der Waals surface area contributed by atoms with Crippen LogP contribution < -0.4 is 16.0 Å². The van der Waals surface area contributed by atoms with Gasteiger partial charge < -0.3 is 26.5 Å². The molecule has 0 atom stereocenters. The maximum absolute atomic E-state index is 10.0. The van der Waals surface area contributed by atoms with E-state index >= 15 is 0 Å². The molecule has 1 aliphatic rings. The second-order valence-corrected chi connectivity index (χ2v) is 6.21. The van der Waals surface area contributed by atoms with Gasteiger partial charge in [0.25, 0.3) is 0 Å². The standard InChI is InChI=1S/C16H21N7O/c1-16(24)2-4-23(5-3-16)15-7-14(20-10-21-15)22-13-6-12(18)11(8-17)9-19-13/h6-10,17,24H,2-5H2,1H3,(H3,18,19,20,21,22). The number of nitrogens with one attached hydrogen (secondary N) is 2. The lowest BCUT2D eigenvalue weighted by Gasteiger charge is -2.36. The first kappa shape index (κ1) is 16.1. The van der Waals surface area contributed by atoms with E-state index in [1.165, 1.54) is 12.5 Å². The predicted octanol–water partition coefficient (Wildman–Crippen LogP) is 1.55. The Hall–Kier alpha value is -2.74. The summed E-state index contributed by atoms with van der Waals surface area (Å²) in [6, 6.07) is 3.52. The second-order valence-electron chi connectivity index (χ2n) is 6.21. The fourth-order valence-electron chi connectivity index (χ4n) is 2.61. The number of nitrogen functional groups attached to an aromatic ring is 1. The van der Waals surface area contributed by atoms with E-state index in [2.05, 4.69) is 25.2 Å². The summed E-state index contributed by atoms with van der Waals surface area (Å²) in [5.74, 6) is 1.99. The van der Waals surface area contributed by atoms with Crippen LogP contribution in [0.25, 0.3) is 0 Å². The molecule has 126 valence electrons. The third kappa shape index (κ3) is 3.60. The van der Waals surface area contributed by atoms with Crippen LogP contribution in [-0.2, 0) is 0 Å². The maximum atomic E-state index is 10.0. The smallest absolute Gasteiger partial charge is 0.137 e. The summed E-state index contributed by atoms with van der Waals surface area (Å²) in [5, 5.41) is 20.4. The molecule has 8 nitrogen and oxygen atoms in total. The molecule has 3 rings (SSSR count). The van der Waals surface area contributed by atoms with Gasteiger partial charge in [-0.1, -0.05) is 0 Å². The lowest BCUT2D eigenvalue weighted by atomic mass is 9.94. The van der Waals surface area contributed by atoms with Crippen LogP contribution in [0.15, 0.2) is 24.7 Å². The van der Waals surface area contributed by atoms with Gasteiger partial charge >= 0.3 is 0 Å². The molecule has 0 aliphatic carbocycles. The van der Waals surface area contributed by atoms with E-state index in [-0.39, 0.29) is 0 Å². The molecule has 0 aromatic carbocycles. The van der Waals surface area contributed by atoms with Crippen molar-refractivity contribution in [2.45, 2.75) is 25.4 Å². The van der Waals surface area contributed by atoms with Gasteiger partial charge in [0.05, 0.1) is 5.60 Å². The SMILES string of the molecule is CC1(O)CCN(c2cc(Nc3cc(N)c(C=N)cn3)ncn2)CC1. The number of nitrogens with zero attached hydrogens (tertiary/aromatic N) is 4. The fraction of sp³-hybridized carbons (Fsp3) is 0.375. The molecule has 0 spiro atoms. The van der Waals surface area contributed by atoms with Crippen LogP contribution >= 0.6 is 0 Å². The number of anilines is 4. The zero-order valence-electron chi connectivity index (χ0n) is 13.5. The topological polar surface area (TPSA) is 124 Å². The molecule has 3 heterocycles. The van der Waals surface area contributed by atoms with E-state index in [9.17, 15) is 5.11 Å². The van der Waals surface area contributed by atoms with E-state index in [1.54, 1.807) is 12.3 Å². The van der Waals surface area contributed by atoms with Crippen molar-refractivity contribution in [3.05, 3.63) is 30.2 Å². The van der Waals surface area contributed by atoms with Crippen molar-refractivity contribution in [3.8, 4) is 0 Å². The van der Waals surface area contributed by atoms with Crippen LogP contribution in [0.5, 0.6) is 0 Å². The quantitative estimate of drug-likeness (QED) is 0.628. The largest absolute Gasteiger partial charge is 0.398 e. The van der Waals surface area contributed by atoms with Crippen molar-refractivity contribution in [2.75, 3.05) is 29.0 Å². The highest BCUT2D eigenvalue weighted by Crippen LogP contribution is 2.26. The Balaban J connectivity index is 1.74. The van der Waals surface area contributed by atoms with Crippen molar-refractivity contribution >= 4 is 29.4 Å². The highest BCUT2D eigenvalue weighted by molar-refractivity contribution is 5.85. The van der Waals surface area contributed by atoms with Crippen molar-refractivity contribution in [3.63, 3.8) is 0 Å². The summed E-state index contributed by atoms with van der Waals surface area (Å²) < 4.78 is 0. The molecule has 0 bridgehead atoms. The van der Waals surface area contributed by atoms with Gasteiger partial charge in [0.1, 0.15) is 23.8 Å². The van der Waals surface area contributed by atoms with Gasteiger partial charge in [-0.3, -0.25) is 0 Å². The third-order valence-electron chi connectivity index (χ3n) is 4.20. The monoisotopic (exact) mass is 327 g/mol. The summed E-state index contributed by atoms with van der Waals surface area (Å²) in [5.41, 5.74) is 6.32. The lowest BCUT2D eigenvalue weighted by Crippen LogP contribution is -2.42. The molecule has 0 unspecified atom stereocenters. The Labute approximate surface area is 140 Å². The second kappa shape index (κ2) is 6.40.